The Morgan fingerprint density at radius 3 is 2.83 bits per heavy atom. The molecule has 0 aromatic heterocycles. The zero-order valence-electron chi connectivity index (χ0n) is 9.96. The van der Waals surface area contributed by atoms with Crippen LogP contribution in [0.4, 0.5) is 0 Å². The molecule has 1 heterocycles. The van der Waals surface area contributed by atoms with E-state index in [1.165, 1.54) is 11.8 Å². The van der Waals surface area contributed by atoms with Gasteiger partial charge in [0.15, 0.2) is 0 Å². The maximum atomic E-state index is 12.4. The Hall–Kier alpha value is -1.51. The molecular weight excluding hydrogens is 248 g/mol. The van der Waals surface area contributed by atoms with E-state index in [1.807, 2.05) is 24.3 Å². The van der Waals surface area contributed by atoms with Crippen LogP contribution in [0.5, 0.6) is 0 Å². The Labute approximate surface area is 111 Å². The van der Waals surface area contributed by atoms with E-state index in [0.717, 1.165) is 4.90 Å². The molecule has 0 radical (unpaired) electrons. The summed E-state index contributed by atoms with van der Waals surface area (Å²) in [5.74, 6) is 0.382. The molecule has 0 saturated carbocycles. The lowest BCUT2D eigenvalue weighted by Crippen LogP contribution is -2.40. The largest absolute Gasteiger partial charge is 0.378 e. The van der Waals surface area contributed by atoms with Crippen LogP contribution in [-0.2, 0) is 4.74 Å². The normalized spacial score (nSPS) is 15.2. The molecule has 0 spiro atoms. The standard InChI is InChI=1S/C13H14N2O2S/c14-5-10-18-12-4-2-1-3-11(12)13(16)15-6-8-17-9-7-15/h1-4H,6-10H2. The molecule has 4 nitrogen and oxygen atoms in total. The van der Waals surface area contributed by atoms with Crippen molar-refractivity contribution < 1.29 is 9.53 Å². The fourth-order valence-electron chi connectivity index (χ4n) is 1.82. The molecule has 0 N–H and O–H groups in total. The Kier molecular flexibility index (Phi) is 4.62. The molecule has 0 atom stereocenters. The third-order valence-corrected chi connectivity index (χ3v) is 3.65. The van der Waals surface area contributed by atoms with Crippen LogP contribution in [-0.4, -0.2) is 42.9 Å². The molecule has 94 valence electrons. The van der Waals surface area contributed by atoms with Gasteiger partial charge in [-0.1, -0.05) is 12.1 Å². The first-order chi connectivity index (χ1) is 8.83. The van der Waals surface area contributed by atoms with Gasteiger partial charge in [-0.15, -0.1) is 11.8 Å². The van der Waals surface area contributed by atoms with Gasteiger partial charge in [0.2, 0.25) is 0 Å². The average Bonchev–Trinajstić information content (AvgIpc) is 2.45. The number of nitrogens with zero attached hydrogens (tertiary/aromatic N) is 2. The molecule has 1 aromatic carbocycles. The van der Waals surface area contributed by atoms with E-state index in [4.69, 9.17) is 10.00 Å². The average molecular weight is 262 g/mol. The number of benzene rings is 1. The molecule has 1 aliphatic heterocycles. The van der Waals surface area contributed by atoms with Gasteiger partial charge in [-0.2, -0.15) is 5.26 Å². The van der Waals surface area contributed by atoms with Crippen molar-refractivity contribution in [3.05, 3.63) is 29.8 Å². The second kappa shape index (κ2) is 6.43. The molecule has 5 heteroatoms. The fraction of sp³-hybridized carbons (Fsp3) is 0.385. The number of ether oxygens (including phenoxy) is 1. The lowest BCUT2D eigenvalue weighted by Gasteiger charge is -2.27. The van der Waals surface area contributed by atoms with E-state index in [-0.39, 0.29) is 5.91 Å². The molecular formula is C13H14N2O2S. The minimum absolute atomic E-state index is 0.0272. The molecule has 1 aliphatic rings. The summed E-state index contributed by atoms with van der Waals surface area (Å²) in [5, 5.41) is 8.62. The molecule has 1 amide bonds. The maximum absolute atomic E-state index is 12.4. The predicted octanol–water partition coefficient (Wildman–Crippen LogP) is 1.77. The Bertz CT molecular complexity index is 464. The number of rotatable bonds is 3. The highest BCUT2D eigenvalue weighted by molar-refractivity contribution is 7.99. The van der Waals surface area contributed by atoms with E-state index in [2.05, 4.69) is 6.07 Å². The van der Waals surface area contributed by atoms with Gasteiger partial charge >= 0.3 is 0 Å². The number of amides is 1. The number of carbonyl (C=O) groups is 1. The van der Waals surface area contributed by atoms with Crippen molar-refractivity contribution in [1.82, 2.24) is 4.90 Å². The van der Waals surface area contributed by atoms with Crippen molar-refractivity contribution in [2.45, 2.75) is 4.90 Å². The SMILES string of the molecule is N#CCSc1ccccc1C(=O)N1CCOCC1. The number of thioether (sulfide) groups is 1. The van der Waals surface area contributed by atoms with Crippen LogP contribution in [0.15, 0.2) is 29.2 Å². The van der Waals surface area contributed by atoms with Crippen molar-refractivity contribution in [2.75, 3.05) is 32.1 Å². The number of carbonyl (C=O) groups excluding carboxylic acids is 1. The van der Waals surface area contributed by atoms with E-state index in [1.54, 1.807) is 4.90 Å². The first-order valence-corrected chi connectivity index (χ1v) is 6.77. The minimum atomic E-state index is 0.0272. The van der Waals surface area contributed by atoms with Gasteiger partial charge in [0, 0.05) is 18.0 Å². The first kappa shape index (κ1) is 12.9. The zero-order valence-corrected chi connectivity index (χ0v) is 10.8. The Balaban J connectivity index is 2.15. The molecule has 0 bridgehead atoms. The van der Waals surface area contributed by atoms with Crippen LogP contribution in [0.1, 0.15) is 10.4 Å². The van der Waals surface area contributed by atoms with Crippen LogP contribution in [0.3, 0.4) is 0 Å². The minimum Gasteiger partial charge on any atom is -0.378 e. The third kappa shape index (κ3) is 3.03. The smallest absolute Gasteiger partial charge is 0.255 e. The molecule has 1 fully saturated rings. The van der Waals surface area contributed by atoms with E-state index in [0.29, 0.717) is 37.6 Å². The summed E-state index contributed by atoms with van der Waals surface area (Å²) in [6.07, 6.45) is 0. The quantitative estimate of drug-likeness (QED) is 0.779. The maximum Gasteiger partial charge on any atom is 0.255 e. The molecule has 1 aromatic rings. The van der Waals surface area contributed by atoms with Crippen molar-refractivity contribution in [3.8, 4) is 6.07 Å². The summed E-state index contributed by atoms with van der Waals surface area (Å²) >= 11 is 1.40. The number of hydrogen-bond acceptors (Lipinski definition) is 4. The number of morpholine rings is 1. The summed E-state index contributed by atoms with van der Waals surface area (Å²) in [5.41, 5.74) is 0.680. The summed E-state index contributed by atoms with van der Waals surface area (Å²) in [6.45, 7) is 2.46. The summed E-state index contributed by atoms with van der Waals surface area (Å²) in [4.78, 5) is 15.0. The van der Waals surface area contributed by atoms with Gasteiger partial charge < -0.3 is 9.64 Å². The van der Waals surface area contributed by atoms with E-state index < -0.39 is 0 Å². The van der Waals surface area contributed by atoms with Gasteiger partial charge in [0.1, 0.15) is 0 Å². The highest BCUT2D eigenvalue weighted by atomic mass is 32.2. The van der Waals surface area contributed by atoms with Crippen molar-refractivity contribution in [3.63, 3.8) is 0 Å². The van der Waals surface area contributed by atoms with Crippen LogP contribution >= 0.6 is 11.8 Å². The monoisotopic (exact) mass is 262 g/mol. The van der Waals surface area contributed by atoms with Crippen LogP contribution in [0, 0.1) is 11.3 Å². The third-order valence-electron chi connectivity index (χ3n) is 2.71. The second-order valence-corrected chi connectivity index (χ2v) is 4.86. The number of hydrogen-bond donors (Lipinski definition) is 0. The highest BCUT2D eigenvalue weighted by Gasteiger charge is 2.20. The zero-order chi connectivity index (χ0) is 12.8. The van der Waals surface area contributed by atoms with Crippen LogP contribution < -0.4 is 0 Å². The van der Waals surface area contributed by atoms with Crippen molar-refractivity contribution in [2.24, 2.45) is 0 Å². The summed E-state index contributed by atoms with van der Waals surface area (Å²) in [7, 11) is 0. The Morgan fingerprint density at radius 1 is 1.39 bits per heavy atom. The van der Waals surface area contributed by atoms with E-state index >= 15 is 0 Å². The first-order valence-electron chi connectivity index (χ1n) is 5.78. The lowest BCUT2D eigenvalue weighted by atomic mass is 10.2. The predicted molar refractivity (Wildman–Crippen MR) is 69.5 cm³/mol. The van der Waals surface area contributed by atoms with Gasteiger partial charge in [-0.3, -0.25) is 4.79 Å². The van der Waals surface area contributed by atoms with Crippen LogP contribution in [0.25, 0.3) is 0 Å². The van der Waals surface area contributed by atoms with Crippen LogP contribution in [0.2, 0.25) is 0 Å². The number of nitriles is 1. The highest BCUT2D eigenvalue weighted by Crippen LogP contribution is 2.23. The van der Waals surface area contributed by atoms with Crippen molar-refractivity contribution in [1.29, 1.82) is 5.26 Å². The van der Waals surface area contributed by atoms with Gasteiger partial charge in [-0.05, 0) is 12.1 Å². The summed E-state index contributed by atoms with van der Waals surface area (Å²) in [6, 6.07) is 9.52. The van der Waals surface area contributed by atoms with Crippen molar-refractivity contribution >= 4 is 17.7 Å². The Morgan fingerprint density at radius 2 is 2.11 bits per heavy atom. The topological polar surface area (TPSA) is 53.3 Å². The molecule has 0 aliphatic carbocycles. The molecule has 0 unspecified atom stereocenters. The van der Waals surface area contributed by atoms with Gasteiger partial charge in [0.25, 0.3) is 5.91 Å². The van der Waals surface area contributed by atoms with Gasteiger partial charge in [-0.25, -0.2) is 0 Å². The molecule has 1 saturated heterocycles. The molecule has 18 heavy (non-hydrogen) atoms. The van der Waals surface area contributed by atoms with E-state index in [9.17, 15) is 4.79 Å². The second-order valence-electron chi connectivity index (χ2n) is 3.85. The lowest BCUT2D eigenvalue weighted by molar-refractivity contribution is 0.0300. The fourth-order valence-corrected chi connectivity index (χ4v) is 2.52. The summed E-state index contributed by atoms with van der Waals surface area (Å²) < 4.78 is 5.24. The molecule has 2 rings (SSSR count). The van der Waals surface area contributed by atoms with Gasteiger partial charge in [0.05, 0.1) is 30.6 Å².